The molecule has 10 N–H and O–H groups in total. The predicted octanol–water partition coefficient (Wildman–Crippen LogP) is 18.0. The zero-order valence-corrected chi connectivity index (χ0v) is 92.1. The Balaban J connectivity index is 0.000000772. The van der Waals surface area contributed by atoms with Crippen molar-refractivity contribution in [2.24, 2.45) is 76.9 Å². The summed E-state index contributed by atoms with van der Waals surface area (Å²) >= 11 is 0. The van der Waals surface area contributed by atoms with Gasteiger partial charge in [0.15, 0.2) is 0 Å². The van der Waals surface area contributed by atoms with E-state index in [2.05, 4.69) is 0 Å². The van der Waals surface area contributed by atoms with Gasteiger partial charge in [0.05, 0.1) is 111 Å². The molecule has 814 valence electrons. The molecule has 10 aliphatic carbocycles. The number of aliphatic hydroxyl groups is 10. The van der Waals surface area contributed by atoms with E-state index in [1.165, 1.54) is 0 Å². The Morgan fingerprint density at radius 1 is 0.259 bits per heavy atom. The first-order chi connectivity index (χ1) is 64.2. The van der Waals surface area contributed by atoms with E-state index in [4.69, 9.17) is 47.4 Å². The molecule has 30 nitrogen and oxygen atoms in total. The van der Waals surface area contributed by atoms with E-state index in [-0.39, 0.29) is 186 Å². The Labute approximate surface area is 836 Å². The lowest BCUT2D eigenvalue weighted by molar-refractivity contribution is -0.193. The van der Waals surface area contributed by atoms with Crippen molar-refractivity contribution in [1.82, 2.24) is 0 Å². The molecule has 0 aliphatic heterocycles. The van der Waals surface area contributed by atoms with Gasteiger partial charge in [-0.2, -0.15) is 0 Å². The van der Waals surface area contributed by atoms with Gasteiger partial charge in [-0.25, -0.2) is 0 Å². The maximum Gasteiger partial charge on any atom is 0.309 e. The first-order valence-electron chi connectivity index (χ1n) is 53.4. The van der Waals surface area contributed by atoms with Gasteiger partial charge in [-0.15, -0.1) is 0 Å². The standard InChI is InChI=1S/2C12H22O3.5C11H20O3.3C10H18O3/c1-5-8(3)11(13)15-9(4)10-7-12(10,14)6-2;1-4-9(2)11(13)15-8-10-5-6-12(3,14)7-10;1-5-7(2)10(12)14-8(3)9-6-11(9,4)13;1-4-8(2)10(12)14-9-5-6-11(3,13)7-9;1-4-8(2)10(12)14-9-6-5-7-11(9,3)13;1-4-8(3)10(12)14-9-6-11(13,5-2)7-9;1-4-8(3)10(12)14-9-6-7-11(9,13)5-2;1-4-7(2)9(11)13-8-5-10(3,12)6-8;1-4-7(2)9(11)13-8-5-6-10(8,3)12;1-4-7(3)9(11)13-8-6-10(8,12)5-2/h8-10,14H,5-7H2,1-4H3;9-10,14H,4-8H2,1-3H3;7-9,13H,5-6H2,1-4H3;4*8-9,13H,4-7H2,1-3H3;3*7-8,12H,4-6H2,1-3H3. The monoisotopic (exact) mass is 1990 g/mol. The lowest BCUT2D eigenvalue weighted by Crippen LogP contribution is -2.53. The molecule has 10 fully saturated rings. The summed E-state index contributed by atoms with van der Waals surface area (Å²) < 4.78 is 52.4. The molecular weight excluding hydrogens is 1790 g/mol. The summed E-state index contributed by atoms with van der Waals surface area (Å²) in [5, 5.41) is 97.0. The fourth-order valence-corrected chi connectivity index (χ4v) is 16.1. The third-order valence-corrected chi connectivity index (χ3v) is 31.0. The number of rotatable bonds is 37. The number of carbonyl (C=O) groups is 10. The van der Waals surface area contributed by atoms with Crippen LogP contribution >= 0.6 is 0 Å². The molecule has 10 aliphatic rings. The predicted molar refractivity (Wildman–Crippen MR) is 533 cm³/mol. The van der Waals surface area contributed by atoms with Crippen molar-refractivity contribution < 1.29 is 146 Å². The molecule has 0 aromatic rings. The quantitative estimate of drug-likeness (QED) is 0.0204. The minimum absolute atomic E-state index is 0.00749. The van der Waals surface area contributed by atoms with Gasteiger partial charge in [-0.1, -0.05) is 166 Å². The van der Waals surface area contributed by atoms with Crippen molar-refractivity contribution in [1.29, 1.82) is 0 Å². The van der Waals surface area contributed by atoms with Gasteiger partial charge in [0.25, 0.3) is 0 Å². The lowest BCUT2D eigenvalue weighted by Gasteiger charge is -2.44. The zero-order valence-electron chi connectivity index (χ0n) is 92.1. The Morgan fingerprint density at radius 3 is 0.849 bits per heavy atom. The van der Waals surface area contributed by atoms with Crippen LogP contribution in [0.25, 0.3) is 0 Å². The first-order valence-corrected chi connectivity index (χ1v) is 53.4. The van der Waals surface area contributed by atoms with E-state index >= 15 is 0 Å². The van der Waals surface area contributed by atoms with Crippen LogP contribution in [0.4, 0.5) is 0 Å². The molecule has 0 bridgehead atoms. The van der Waals surface area contributed by atoms with E-state index in [1.54, 1.807) is 34.6 Å². The highest BCUT2D eigenvalue weighted by molar-refractivity contribution is 5.76. The third kappa shape index (κ3) is 45.9. The van der Waals surface area contributed by atoms with E-state index in [9.17, 15) is 99.0 Å². The second-order valence-electron chi connectivity index (χ2n) is 44.4. The molecule has 0 aromatic heterocycles. The summed E-state index contributed by atoms with van der Waals surface area (Å²) in [4.78, 5) is 114. The second-order valence-corrected chi connectivity index (χ2v) is 44.4. The molecular formula is C109H198O30. The zero-order chi connectivity index (χ0) is 107. The molecule has 0 radical (unpaired) electrons. The van der Waals surface area contributed by atoms with Crippen LogP contribution in [0.2, 0.25) is 0 Å². The topological polar surface area (TPSA) is 465 Å². The maximum atomic E-state index is 11.5. The van der Waals surface area contributed by atoms with Gasteiger partial charge in [0.2, 0.25) is 0 Å². The van der Waals surface area contributed by atoms with Crippen molar-refractivity contribution in [2.75, 3.05) is 6.61 Å². The Kier molecular flexibility index (Phi) is 56.5. The van der Waals surface area contributed by atoms with Crippen LogP contribution in [0.5, 0.6) is 0 Å². The van der Waals surface area contributed by atoms with Crippen molar-refractivity contribution in [3.63, 3.8) is 0 Å². The average Bonchev–Trinajstić information content (AvgIpc) is 1.66. The van der Waals surface area contributed by atoms with E-state index in [0.29, 0.717) is 63.9 Å². The molecule has 28 unspecified atom stereocenters. The molecule has 10 rings (SSSR count). The highest BCUT2D eigenvalue weighted by Gasteiger charge is 2.57. The summed E-state index contributed by atoms with van der Waals surface area (Å²) in [6.45, 7) is 60.8. The SMILES string of the molecule is CCC(C)C(=O)OC(C)C1CC1(C)O.CCC(C)C(=O)OC(C)C1CC1(O)CC.CCC(C)C(=O)OC1CC(C)(O)C1.CCC(C)C(=O)OC1CC(O)(CC)C1.CCC(C)C(=O)OC1CC1(O)CC.CCC(C)C(=O)OC1CCC(C)(O)C1.CCC(C)C(=O)OC1CCC1(C)O.CCC(C)C(=O)OC1CCC1(O)CC.CCC(C)C(=O)OC1CCCC1(C)O.CCC(C)C(=O)OCC1CCC(C)(O)C1. The van der Waals surface area contributed by atoms with Crippen LogP contribution < -0.4 is 0 Å². The Bertz CT molecular complexity index is 3620. The van der Waals surface area contributed by atoms with Gasteiger partial charge >= 0.3 is 59.7 Å². The molecule has 0 heterocycles. The Morgan fingerprint density at radius 2 is 0.568 bits per heavy atom. The Hall–Kier alpha value is -5.70. The van der Waals surface area contributed by atoms with Gasteiger partial charge in [0.1, 0.15) is 66.1 Å². The molecule has 0 spiro atoms. The number of esters is 10. The summed E-state index contributed by atoms with van der Waals surface area (Å²) in [5.41, 5.74) is -6.63. The van der Waals surface area contributed by atoms with Crippen molar-refractivity contribution in [2.45, 2.75) is 551 Å². The fourth-order valence-electron chi connectivity index (χ4n) is 16.1. The van der Waals surface area contributed by atoms with Crippen LogP contribution in [0.15, 0.2) is 0 Å². The van der Waals surface area contributed by atoms with Crippen molar-refractivity contribution in [3.8, 4) is 0 Å². The van der Waals surface area contributed by atoms with Crippen LogP contribution in [-0.2, 0) is 95.3 Å². The lowest BCUT2D eigenvalue weighted by atomic mass is 9.75. The van der Waals surface area contributed by atoms with E-state index in [0.717, 1.165) is 167 Å². The molecule has 28 atom stereocenters. The highest BCUT2D eigenvalue weighted by Crippen LogP contribution is 2.50. The van der Waals surface area contributed by atoms with Crippen LogP contribution in [0.1, 0.15) is 440 Å². The highest BCUT2D eigenvalue weighted by atomic mass is 16.6. The van der Waals surface area contributed by atoms with Gasteiger partial charge in [-0.3, -0.25) is 47.9 Å². The summed E-state index contributed by atoms with van der Waals surface area (Å²) in [5.74, 6) is -1.32. The van der Waals surface area contributed by atoms with Gasteiger partial charge in [-0.05, 0) is 241 Å². The van der Waals surface area contributed by atoms with Crippen molar-refractivity contribution >= 4 is 59.7 Å². The molecule has 0 aromatic carbocycles. The second kappa shape index (κ2) is 59.8. The van der Waals surface area contributed by atoms with Crippen LogP contribution in [0, 0.1) is 76.9 Å². The number of hydrogen-bond donors (Lipinski definition) is 10. The molecule has 0 saturated heterocycles. The minimum atomic E-state index is -0.816. The van der Waals surface area contributed by atoms with Gasteiger partial charge < -0.3 is 98.4 Å². The summed E-state index contributed by atoms with van der Waals surface area (Å²) in [7, 11) is 0. The summed E-state index contributed by atoms with van der Waals surface area (Å²) in [6.07, 6.45) is 23.8. The van der Waals surface area contributed by atoms with E-state index < -0.39 is 56.0 Å². The average molecular weight is 1990 g/mol. The molecule has 10 saturated carbocycles. The molecule has 0 amide bonds. The maximum absolute atomic E-state index is 11.5. The van der Waals surface area contributed by atoms with Gasteiger partial charge in [0, 0.05) is 50.4 Å². The van der Waals surface area contributed by atoms with E-state index in [1.807, 2.05) is 187 Å². The number of ether oxygens (including phenoxy) is 10. The summed E-state index contributed by atoms with van der Waals surface area (Å²) in [6, 6.07) is 0. The molecule has 139 heavy (non-hydrogen) atoms. The van der Waals surface area contributed by atoms with Crippen LogP contribution in [0.3, 0.4) is 0 Å². The first kappa shape index (κ1) is 131. The smallest absolute Gasteiger partial charge is 0.309 e. The third-order valence-electron chi connectivity index (χ3n) is 31.0. The normalized spacial score (nSPS) is 33.9. The largest absolute Gasteiger partial charge is 0.465 e. The minimum Gasteiger partial charge on any atom is -0.465 e. The van der Waals surface area contributed by atoms with Crippen LogP contribution in [-0.4, -0.2) is 228 Å². The fraction of sp³-hybridized carbons (Fsp3) is 0.908. The number of hydrogen-bond acceptors (Lipinski definition) is 30. The number of carbonyl (C=O) groups excluding carboxylic acids is 10. The van der Waals surface area contributed by atoms with Crippen molar-refractivity contribution in [3.05, 3.63) is 0 Å². The molecule has 30 heteroatoms.